The fourth-order valence-electron chi connectivity index (χ4n) is 2.04. The molecule has 0 fully saturated rings. The molecule has 0 atom stereocenters. The first-order valence-electron chi connectivity index (χ1n) is 7.23. The lowest BCUT2D eigenvalue weighted by Crippen LogP contribution is -2.21. The van der Waals surface area contributed by atoms with Crippen molar-refractivity contribution in [2.24, 2.45) is 0 Å². The van der Waals surface area contributed by atoms with Crippen molar-refractivity contribution in [1.29, 1.82) is 0 Å². The lowest BCUT2D eigenvalue weighted by molar-refractivity contribution is -0.115. The van der Waals surface area contributed by atoms with E-state index in [0.29, 0.717) is 27.8 Å². The van der Waals surface area contributed by atoms with Gasteiger partial charge in [0.25, 0.3) is 0 Å². The molecule has 2 aromatic carbocycles. The number of hydrogen-bond donors (Lipinski definition) is 3. The van der Waals surface area contributed by atoms with Gasteiger partial charge < -0.3 is 20.7 Å². The molecule has 0 saturated heterocycles. The van der Waals surface area contributed by atoms with Gasteiger partial charge >= 0.3 is 0 Å². The average molecular weight is 348 g/mol. The molecule has 0 radical (unpaired) electrons. The zero-order valence-electron chi connectivity index (χ0n) is 13.4. The molecule has 0 aromatic heterocycles. The van der Waals surface area contributed by atoms with Crippen LogP contribution in [0.1, 0.15) is 6.92 Å². The maximum atomic E-state index is 12.0. The molecule has 24 heavy (non-hydrogen) atoms. The Morgan fingerprint density at radius 1 is 1.04 bits per heavy atom. The number of amides is 2. The first-order valence-corrected chi connectivity index (χ1v) is 7.60. The van der Waals surface area contributed by atoms with Crippen molar-refractivity contribution >= 4 is 40.5 Å². The fourth-order valence-corrected chi connectivity index (χ4v) is 2.30. The highest BCUT2D eigenvalue weighted by Gasteiger charge is 2.06. The molecule has 0 saturated carbocycles. The molecular formula is C17H18ClN3O3. The van der Waals surface area contributed by atoms with Gasteiger partial charge in [-0.1, -0.05) is 17.7 Å². The Balaban J connectivity index is 1.91. The summed E-state index contributed by atoms with van der Waals surface area (Å²) in [5, 5.41) is 8.86. The third-order valence-electron chi connectivity index (χ3n) is 3.07. The van der Waals surface area contributed by atoms with Gasteiger partial charge in [-0.05, 0) is 36.4 Å². The number of rotatable bonds is 6. The number of nitrogens with one attached hydrogen (secondary N) is 3. The van der Waals surface area contributed by atoms with E-state index in [4.69, 9.17) is 16.3 Å². The van der Waals surface area contributed by atoms with Crippen LogP contribution in [0.15, 0.2) is 42.5 Å². The molecule has 0 aliphatic rings. The van der Waals surface area contributed by atoms with Crippen LogP contribution in [0.2, 0.25) is 5.02 Å². The van der Waals surface area contributed by atoms with E-state index in [1.807, 2.05) is 0 Å². The highest BCUT2D eigenvalue weighted by atomic mass is 35.5. The molecule has 2 aromatic rings. The molecular weight excluding hydrogens is 330 g/mol. The molecule has 2 amide bonds. The van der Waals surface area contributed by atoms with Crippen LogP contribution in [0.4, 0.5) is 17.1 Å². The monoisotopic (exact) mass is 347 g/mol. The number of hydrogen-bond acceptors (Lipinski definition) is 4. The molecule has 126 valence electrons. The van der Waals surface area contributed by atoms with Crippen LogP contribution >= 0.6 is 11.6 Å². The number of benzene rings is 2. The van der Waals surface area contributed by atoms with Gasteiger partial charge in [-0.2, -0.15) is 0 Å². The van der Waals surface area contributed by atoms with Crippen LogP contribution in [-0.2, 0) is 9.59 Å². The van der Waals surface area contributed by atoms with Crippen molar-refractivity contribution in [3.05, 3.63) is 47.5 Å². The second-order valence-corrected chi connectivity index (χ2v) is 5.42. The van der Waals surface area contributed by atoms with E-state index in [9.17, 15) is 9.59 Å². The van der Waals surface area contributed by atoms with Crippen LogP contribution in [0.25, 0.3) is 0 Å². The highest BCUT2D eigenvalue weighted by Crippen LogP contribution is 2.27. The van der Waals surface area contributed by atoms with Gasteiger partial charge in [-0.15, -0.1) is 0 Å². The molecule has 0 unspecified atom stereocenters. The summed E-state index contributed by atoms with van der Waals surface area (Å²) < 4.78 is 5.07. The van der Waals surface area contributed by atoms with Crippen molar-refractivity contribution in [1.82, 2.24) is 0 Å². The topological polar surface area (TPSA) is 79.5 Å². The highest BCUT2D eigenvalue weighted by molar-refractivity contribution is 6.32. The maximum Gasteiger partial charge on any atom is 0.243 e. The Morgan fingerprint density at radius 3 is 2.38 bits per heavy atom. The molecule has 0 spiro atoms. The summed E-state index contributed by atoms with van der Waals surface area (Å²) in [4.78, 5) is 23.1. The fraction of sp³-hybridized carbons (Fsp3) is 0.176. The Hall–Kier alpha value is -2.73. The first-order chi connectivity index (χ1) is 11.5. The van der Waals surface area contributed by atoms with E-state index >= 15 is 0 Å². The van der Waals surface area contributed by atoms with Crippen LogP contribution < -0.4 is 20.7 Å². The van der Waals surface area contributed by atoms with Gasteiger partial charge in [-0.25, -0.2) is 0 Å². The number of anilines is 3. The minimum absolute atomic E-state index is 0.0764. The van der Waals surface area contributed by atoms with E-state index in [1.165, 1.54) is 14.0 Å². The minimum atomic E-state index is -0.220. The van der Waals surface area contributed by atoms with Crippen LogP contribution in [0, 0.1) is 0 Å². The van der Waals surface area contributed by atoms with Crippen LogP contribution in [-0.4, -0.2) is 25.5 Å². The third kappa shape index (κ3) is 5.17. The molecule has 3 N–H and O–H groups in total. The van der Waals surface area contributed by atoms with Gasteiger partial charge in [0.15, 0.2) is 0 Å². The normalized spacial score (nSPS) is 9.96. The number of carbonyl (C=O) groups is 2. The summed E-state index contributed by atoms with van der Waals surface area (Å²) in [5.74, 6) is 0.180. The zero-order valence-corrected chi connectivity index (χ0v) is 14.1. The molecule has 0 bridgehead atoms. The van der Waals surface area contributed by atoms with Crippen LogP contribution in [0.5, 0.6) is 5.75 Å². The summed E-state index contributed by atoms with van der Waals surface area (Å²) in [6, 6.07) is 12.1. The minimum Gasteiger partial charge on any atom is -0.495 e. The van der Waals surface area contributed by atoms with Crippen molar-refractivity contribution in [2.75, 3.05) is 29.6 Å². The summed E-state index contributed by atoms with van der Waals surface area (Å²) >= 11 is 6.03. The Morgan fingerprint density at radius 2 is 1.75 bits per heavy atom. The van der Waals surface area contributed by atoms with Gasteiger partial charge in [-0.3, -0.25) is 9.59 Å². The van der Waals surface area contributed by atoms with E-state index in [0.717, 1.165) is 0 Å². The van der Waals surface area contributed by atoms with Crippen molar-refractivity contribution in [3.63, 3.8) is 0 Å². The molecule has 2 rings (SSSR count). The van der Waals surface area contributed by atoms with Gasteiger partial charge in [0, 0.05) is 24.0 Å². The smallest absolute Gasteiger partial charge is 0.243 e. The summed E-state index contributed by atoms with van der Waals surface area (Å²) in [5.41, 5.74) is 1.93. The standard InChI is InChI=1S/C17H18ClN3O3/c1-11(22)20-13-4-3-5-14(8-13)21-17(23)10-19-12-6-7-16(24-2)15(18)9-12/h3-9,19H,10H2,1-2H3,(H,20,22)(H,21,23). The van der Waals surface area contributed by atoms with E-state index in [-0.39, 0.29) is 18.4 Å². The summed E-state index contributed by atoms with van der Waals surface area (Å²) in [7, 11) is 1.54. The van der Waals surface area contributed by atoms with Crippen LogP contribution in [0.3, 0.4) is 0 Å². The molecule has 0 heterocycles. The molecule has 6 nitrogen and oxygen atoms in total. The molecule has 0 aliphatic carbocycles. The van der Waals surface area contributed by atoms with Crippen molar-refractivity contribution in [2.45, 2.75) is 6.92 Å². The zero-order chi connectivity index (χ0) is 17.5. The first kappa shape index (κ1) is 17.6. The predicted molar refractivity (Wildman–Crippen MR) is 95.9 cm³/mol. The Labute approximate surface area is 145 Å². The summed E-state index contributed by atoms with van der Waals surface area (Å²) in [6.07, 6.45) is 0. The number of ether oxygens (including phenoxy) is 1. The maximum absolute atomic E-state index is 12.0. The largest absolute Gasteiger partial charge is 0.495 e. The molecule has 7 heteroatoms. The molecule has 0 aliphatic heterocycles. The van der Waals surface area contributed by atoms with Gasteiger partial charge in [0.1, 0.15) is 5.75 Å². The second kappa shape index (κ2) is 8.21. The van der Waals surface area contributed by atoms with Crippen molar-refractivity contribution in [3.8, 4) is 5.75 Å². The second-order valence-electron chi connectivity index (χ2n) is 5.01. The third-order valence-corrected chi connectivity index (χ3v) is 3.37. The predicted octanol–water partition coefficient (Wildman–Crippen LogP) is 3.36. The number of carbonyl (C=O) groups excluding carboxylic acids is 2. The lowest BCUT2D eigenvalue weighted by atomic mass is 10.2. The van der Waals surface area contributed by atoms with E-state index in [1.54, 1.807) is 42.5 Å². The Kier molecular flexibility index (Phi) is 6.03. The average Bonchev–Trinajstić information content (AvgIpc) is 2.53. The number of methoxy groups -OCH3 is 1. The summed E-state index contributed by atoms with van der Waals surface area (Å²) in [6.45, 7) is 1.50. The van der Waals surface area contributed by atoms with E-state index < -0.39 is 0 Å². The quantitative estimate of drug-likeness (QED) is 0.748. The Bertz CT molecular complexity index is 750. The van der Waals surface area contributed by atoms with Gasteiger partial charge in [0.05, 0.1) is 18.7 Å². The van der Waals surface area contributed by atoms with E-state index in [2.05, 4.69) is 16.0 Å². The lowest BCUT2D eigenvalue weighted by Gasteiger charge is -2.10. The van der Waals surface area contributed by atoms with Crippen molar-refractivity contribution < 1.29 is 14.3 Å². The van der Waals surface area contributed by atoms with Gasteiger partial charge in [0.2, 0.25) is 11.8 Å². The number of halogens is 1. The SMILES string of the molecule is COc1ccc(NCC(=O)Nc2cccc(NC(C)=O)c2)cc1Cl.